The number of hydrogen-bond donors (Lipinski definition) is 2. The van der Waals surface area contributed by atoms with Gasteiger partial charge in [0.15, 0.2) is 5.96 Å². The van der Waals surface area contributed by atoms with Crippen molar-refractivity contribution < 1.29 is 4.74 Å². The first-order valence-electron chi connectivity index (χ1n) is 9.20. The number of morpholine rings is 1. The van der Waals surface area contributed by atoms with E-state index in [1.54, 1.807) is 0 Å². The summed E-state index contributed by atoms with van der Waals surface area (Å²) in [5, 5.41) is 6.95. The van der Waals surface area contributed by atoms with E-state index in [0.717, 1.165) is 58.2 Å². The van der Waals surface area contributed by atoms with Crippen molar-refractivity contribution in [2.24, 2.45) is 10.9 Å². The van der Waals surface area contributed by atoms with Crippen LogP contribution in [0, 0.1) is 5.92 Å². The normalized spacial score (nSPS) is 21.8. The molecule has 2 aliphatic rings. The summed E-state index contributed by atoms with van der Waals surface area (Å²) < 4.78 is 5.50. The van der Waals surface area contributed by atoms with Gasteiger partial charge in [0.1, 0.15) is 0 Å². The summed E-state index contributed by atoms with van der Waals surface area (Å²) in [6, 6.07) is 1.01. The van der Waals surface area contributed by atoms with Crippen LogP contribution in [0.2, 0.25) is 0 Å². The van der Waals surface area contributed by atoms with Gasteiger partial charge in [0, 0.05) is 31.7 Å². The average Bonchev–Trinajstić information content (AvgIpc) is 3.05. The van der Waals surface area contributed by atoms with Crippen LogP contribution in [0.1, 0.15) is 40.0 Å². The quantitative estimate of drug-likeness (QED) is 0.428. The van der Waals surface area contributed by atoms with Crippen LogP contribution in [0.3, 0.4) is 0 Å². The monoisotopic (exact) mass is 322 g/mol. The maximum atomic E-state index is 5.50. The maximum Gasteiger partial charge on any atom is 0.191 e. The summed E-state index contributed by atoms with van der Waals surface area (Å²) in [7, 11) is 0. The van der Waals surface area contributed by atoms with Crippen molar-refractivity contribution in [3.63, 3.8) is 0 Å². The molecule has 1 unspecified atom stereocenters. The molecule has 1 atom stereocenters. The number of guanidine groups is 1. The predicted molar refractivity (Wildman–Crippen MR) is 96.9 cm³/mol. The second-order valence-electron chi connectivity index (χ2n) is 6.94. The maximum absolute atomic E-state index is 5.50. The lowest BCUT2D eigenvalue weighted by molar-refractivity contribution is 0.0143. The minimum Gasteiger partial charge on any atom is -0.379 e. The van der Waals surface area contributed by atoms with Gasteiger partial charge in [0.25, 0.3) is 0 Å². The fraction of sp³-hybridized carbons (Fsp3) is 0.833. The SMILES string of the molecule is CCNC(=NCC(CC(C)C)N1CCOCC1)NC1CC=CC1. The first kappa shape index (κ1) is 18.3. The Bertz CT molecular complexity index is 380. The Labute approximate surface area is 141 Å². The second kappa shape index (κ2) is 9.93. The molecule has 0 aromatic heterocycles. The Morgan fingerprint density at radius 2 is 1.96 bits per heavy atom. The highest BCUT2D eigenvalue weighted by atomic mass is 16.5. The van der Waals surface area contributed by atoms with Gasteiger partial charge in [-0.2, -0.15) is 0 Å². The van der Waals surface area contributed by atoms with Crippen molar-refractivity contribution in [3.05, 3.63) is 12.2 Å². The van der Waals surface area contributed by atoms with Crippen molar-refractivity contribution in [1.82, 2.24) is 15.5 Å². The third-order valence-corrected chi connectivity index (χ3v) is 4.46. The number of rotatable bonds is 7. The zero-order chi connectivity index (χ0) is 16.5. The van der Waals surface area contributed by atoms with Gasteiger partial charge in [-0.15, -0.1) is 0 Å². The molecule has 0 aromatic carbocycles. The van der Waals surface area contributed by atoms with E-state index in [2.05, 4.69) is 48.5 Å². The zero-order valence-corrected chi connectivity index (χ0v) is 15.1. The van der Waals surface area contributed by atoms with E-state index in [9.17, 15) is 0 Å². The molecule has 1 fully saturated rings. The molecule has 1 heterocycles. The number of ether oxygens (including phenoxy) is 1. The van der Waals surface area contributed by atoms with Crippen LogP contribution in [0.5, 0.6) is 0 Å². The summed E-state index contributed by atoms with van der Waals surface area (Å²) in [5.41, 5.74) is 0. The van der Waals surface area contributed by atoms with Gasteiger partial charge in [-0.05, 0) is 32.1 Å². The van der Waals surface area contributed by atoms with E-state index >= 15 is 0 Å². The fourth-order valence-corrected chi connectivity index (χ4v) is 3.27. The van der Waals surface area contributed by atoms with Crippen LogP contribution in [-0.4, -0.2) is 62.3 Å². The highest BCUT2D eigenvalue weighted by Gasteiger charge is 2.22. The molecule has 5 nitrogen and oxygen atoms in total. The Kier molecular flexibility index (Phi) is 7.89. The zero-order valence-electron chi connectivity index (χ0n) is 15.1. The summed E-state index contributed by atoms with van der Waals surface area (Å²) in [6.07, 6.45) is 7.88. The van der Waals surface area contributed by atoms with Crippen molar-refractivity contribution in [2.75, 3.05) is 39.4 Å². The summed E-state index contributed by atoms with van der Waals surface area (Å²) in [4.78, 5) is 7.44. The summed E-state index contributed by atoms with van der Waals surface area (Å²) in [6.45, 7) is 12.2. The van der Waals surface area contributed by atoms with Crippen molar-refractivity contribution >= 4 is 5.96 Å². The Morgan fingerprint density at radius 3 is 2.57 bits per heavy atom. The molecule has 0 aromatic rings. The lowest BCUT2D eigenvalue weighted by Crippen LogP contribution is -2.47. The van der Waals surface area contributed by atoms with E-state index in [4.69, 9.17) is 9.73 Å². The molecule has 0 spiro atoms. The summed E-state index contributed by atoms with van der Waals surface area (Å²) in [5.74, 6) is 1.65. The topological polar surface area (TPSA) is 48.9 Å². The van der Waals surface area contributed by atoms with Gasteiger partial charge in [-0.1, -0.05) is 26.0 Å². The first-order chi connectivity index (χ1) is 11.2. The Balaban J connectivity index is 1.93. The number of nitrogens with zero attached hydrogens (tertiary/aromatic N) is 2. The highest BCUT2D eigenvalue weighted by molar-refractivity contribution is 5.80. The Morgan fingerprint density at radius 1 is 1.26 bits per heavy atom. The third-order valence-electron chi connectivity index (χ3n) is 4.46. The summed E-state index contributed by atoms with van der Waals surface area (Å²) >= 11 is 0. The molecule has 0 bridgehead atoms. The molecule has 1 aliphatic carbocycles. The largest absolute Gasteiger partial charge is 0.379 e. The van der Waals surface area contributed by atoms with Gasteiger partial charge < -0.3 is 15.4 Å². The van der Waals surface area contributed by atoms with Crippen molar-refractivity contribution in [1.29, 1.82) is 0 Å². The van der Waals surface area contributed by atoms with Gasteiger partial charge >= 0.3 is 0 Å². The van der Waals surface area contributed by atoms with Crippen LogP contribution in [0.15, 0.2) is 17.1 Å². The molecule has 5 heteroatoms. The molecule has 2 rings (SSSR count). The predicted octanol–water partition coefficient (Wildman–Crippen LogP) is 2.01. The van der Waals surface area contributed by atoms with E-state index in [1.807, 2.05) is 0 Å². The lowest BCUT2D eigenvalue weighted by atomic mass is 10.0. The number of hydrogen-bond acceptors (Lipinski definition) is 3. The van der Waals surface area contributed by atoms with E-state index < -0.39 is 0 Å². The minimum atomic E-state index is 0.500. The molecule has 0 saturated carbocycles. The molecule has 1 saturated heterocycles. The van der Waals surface area contributed by atoms with Crippen LogP contribution >= 0.6 is 0 Å². The molecule has 0 amide bonds. The highest BCUT2D eigenvalue weighted by Crippen LogP contribution is 2.14. The average molecular weight is 322 g/mol. The smallest absolute Gasteiger partial charge is 0.191 e. The molecule has 1 aliphatic heterocycles. The van der Waals surface area contributed by atoms with Crippen LogP contribution in [0.4, 0.5) is 0 Å². The van der Waals surface area contributed by atoms with Gasteiger partial charge in [-0.25, -0.2) is 0 Å². The second-order valence-corrected chi connectivity index (χ2v) is 6.94. The third kappa shape index (κ3) is 6.51. The molecular formula is C18H34N4O. The van der Waals surface area contributed by atoms with Gasteiger partial charge in [0.05, 0.1) is 19.8 Å². The molecule has 132 valence electrons. The van der Waals surface area contributed by atoms with Crippen LogP contribution in [0.25, 0.3) is 0 Å². The van der Waals surface area contributed by atoms with Crippen LogP contribution in [-0.2, 0) is 4.74 Å². The number of nitrogens with one attached hydrogen (secondary N) is 2. The van der Waals surface area contributed by atoms with Crippen molar-refractivity contribution in [2.45, 2.75) is 52.1 Å². The fourth-order valence-electron chi connectivity index (χ4n) is 3.27. The molecular weight excluding hydrogens is 288 g/mol. The van der Waals surface area contributed by atoms with Crippen molar-refractivity contribution in [3.8, 4) is 0 Å². The first-order valence-corrected chi connectivity index (χ1v) is 9.20. The molecule has 23 heavy (non-hydrogen) atoms. The molecule has 0 radical (unpaired) electrons. The van der Waals surface area contributed by atoms with Gasteiger partial charge in [0.2, 0.25) is 0 Å². The van der Waals surface area contributed by atoms with Crippen LogP contribution < -0.4 is 10.6 Å². The molecule has 2 N–H and O–H groups in total. The lowest BCUT2D eigenvalue weighted by Gasteiger charge is -2.34. The van der Waals surface area contributed by atoms with E-state index in [1.165, 1.54) is 6.42 Å². The minimum absolute atomic E-state index is 0.500. The van der Waals surface area contributed by atoms with E-state index in [0.29, 0.717) is 18.0 Å². The number of aliphatic imine (C=N–C) groups is 1. The Hall–Kier alpha value is -1.07. The van der Waals surface area contributed by atoms with Gasteiger partial charge in [-0.3, -0.25) is 9.89 Å². The standard InChI is InChI=1S/C18H34N4O/c1-4-19-18(21-16-7-5-6-8-16)20-14-17(13-15(2)3)22-9-11-23-12-10-22/h5-6,15-17H,4,7-14H2,1-3H3,(H2,19,20,21). The van der Waals surface area contributed by atoms with E-state index in [-0.39, 0.29) is 0 Å².